The van der Waals surface area contributed by atoms with Crippen LogP contribution in [0.5, 0.6) is 0 Å². The number of ether oxygens (including phenoxy) is 9. The molecule has 406 valence electrons. The third-order valence-electron chi connectivity index (χ3n) is 10.9. The van der Waals surface area contributed by atoms with E-state index in [1.165, 1.54) is 0 Å². The molecule has 0 bridgehead atoms. The van der Waals surface area contributed by atoms with Gasteiger partial charge in [0.1, 0.15) is 5.69 Å². The number of nitrogens with one attached hydrogen (secondary N) is 4. The van der Waals surface area contributed by atoms with E-state index in [9.17, 15) is 19.2 Å². The van der Waals surface area contributed by atoms with Gasteiger partial charge in [0.15, 0.2) is 0 Å². The molecule has 2 aliphatic heterocycles. The van der Waals surface area contributed by atoms with E-state index in [1.54, 1.807) is 17.9 Å². The number of unbranched alkanes of at least 4 members (excludes halogenated alkanes) is 5. The Hall–Kier alpha value is -3.03. The van der Waals surface area contributed by atoms with E-state index in [1.807, 2.05) is 11.8 Å². The fraction of sp³-hybridized carbons (Fsp3) is 0.875. The number of aryl methyl sites for hydroxylation is 1. The first-order chi connectivity index (χ1) is 34.3. The maximum atomic E-state index is 12.1. The van der Waals surface area contributed by atoms with Crippen molar-refractivity contribution in [2.75, 3.05) is 144 Å². The maximum Gasteiger partial charge on any atom is 0.220 e. The van der Waals surface area contributed by atoms with Crippen LogP contribution in [0.15, 0.2) is 6.20 Å². The lowest BCUT2D eigenvalue weighted by Crippen LogP contribution is -2.34. The lowest BCUT2D eigenvalue weighted by molar-refractivity contribution is -0.122. The quantitative estimate of drug-likeness (QED) is 0.0588. The van der Waals surface area contributed by atoms with Gasteiger partial charge in [0, 0.05) is 76.5 Å². The molecule has 0 radical (unpaired) electrons. The number of aromatic nitrogens is 3. The molecular weight excluding hydrogens is 929 g/mol. The van der Waals surface area contributed by atoms with Crippen molar-refractivity contribution < 1.29 is 61.8 Å². The molecule has 70 heavy (non-hydrogen) atoms. The molecule has 2 fully saturated rings. The molecule has 3 atom stereocenters. The number of rotatable bonds is 47. The summed E-state index contributed by atoms with van der Waals surface area (Å²) in [6, 6.07) is 0.338. The lowest BCUT2D eigenvalue weighted by Gasteiger charge is -2.17. The van der Waals surface area contributed by atoms with Crippen LogP contribution >= 0.6 is 11.8 Å². The molecule has 1 aromatic rings. The van der Waals surface area contributed by atoms with Crippen molar-refractivity contribution in [1.82, 2.24) is 36.3 Å². The smallest absolute Gasteiger partial charge is 0.220 e. The number of thioether (sulfide) groups is 1. The second kappa shape index (κ2) is 45.8. The first-order valence-electron chi connectivity index (χ1n) is 25.8. The Bertz CT molecular complexity index is 1410. The van der Waals surface area contributed by atoms with Crippen LogP contribution in [0.25, 0.3) is 0 Å². The van der Waals surface area contributed by atoms with E-state index >= 15 is 0 Å². The highest BCUT2D eigenvalue weighted by molar-refractivity contribution is 8.00. The molecule has 0 aromatic carbocycles. The molecule has 0 spiro atoms. The zero-order valence-corrected chi connectivity index (χ0v) is 43.4. The van der Waals surface area contributed by atoms with Crippen molar-refractivity contribution in [3.8, 4) is 0 Å². The number of carbonyl (C=O) groups is 4. The molecular formula is C48H90N8O13S. The molecule has 2 aliphatic rings. The minimum atomic E-state index is -0.00126. The van der Waals surface area contributed by atoms with Crippen LogP contribution in [-0.4, -0.2) is 194 Å². The van der Waals surface area contributed by atoms with Crippen LogP contribution in [0.4, 0.5) is 0 Å². The lowest BCUT2D eigenvalue weighted by atomic mass is 9.97. The minimum Gasteiger partial charge on any atom is -0.379 e. The van der Waals surface area contributed by atoms with Gasteiger partial charge in [0.05, 0.1) is 119 Å². The van der Waals surface area contributed by atoms with Gasteiger partial charge in [-0.25, -0.2) is 0 Å². The van der Waals surface area contributed by atoms with Gasteiger partial charge >= 0.3 is 0 Å². The van der Waals surface area contributed by atoms with E-state index in [-0.39, 0.29) is 23.6 Å². The highest BCUT2D eigenvalue weighted by Gasteiger charge is 2.42. The zero-order chi connectivity index (χ0) is 50.4. The Morgan fingerprint density at radius 3 is 1.49 bits per heavy atom. The average Bonchev–Trinajstić information content (AvgIpc) is 4.07. The van der Waals surface area contributed by atoms with E-state index in [0.717, 1.165) is 82.3 Å². The van der Waals surface area contributed by atoms with E-state index in [0.29, 0.717) is 181 Å². The summed E-state index contributed by atoms with van der Waals surface area (Å²) in [5.74, 6) is 1.92. The third kappa shape index (κ3) is 36.8. The molecule has 3 unspecified atom stereocenters. The molecule has 4 amide bonds. The third-order valence-corrected chi connectivity index (χ3v) is 12.4. The van der Waals surface area contributed by atoms with E-state index < -0.39 is 0 Å². The van der Waals surface area contributed by atoms with Crippen LogP contribution in [0, 0.1) is 5.92 Å². The molecule has 3 heterocycles. The van der Waals surface area contributed by atoms with E-state index in [4.69, 9.17) is 48.4 Å². The number of nitrogens with two attached hydrogens (primary N) is 1. The Kier molecular flexibility index (Phi) is 41.3. The Labute approximate surface area is 421 Å². The van der Waals surface area contributed by atoms with Crippen LogP contribution in [0.2, 0.25) is 0 Å². The van der Waals surface area contributed by atoms with Crippen LogP contribution in [0.3, 0.4) is 0 Å². The molecule has 3 rings (SSSR count). The fourth-order valence-electron chi connectivity index (χ4n) is 7.18. The SMILES string of the molecule is CCCOCCOCCOCCOCCOCCOCCOCCOCCOCCN.Cn1cc(CNC(=O)CCCCCNC(=O)CCCCCNC(=O)CCCCC2SCC3CC(=O)NC32)nn1. The summed E-state index contributed by atoms with van der Waals surface area (Å²) < 4.78 is 49.9. The summed E-state index contributed by atoms with van der Waals surface area (Å²) in [4.78, 5) is 47.5. The molecule has 0 aliphatic carbocycles. The van der Waals surface area contributed by atoms with Gasteiger partial charge in [0.25, 0.3) is 0 Å². The number of hydrogen-bond donors (Lipinski definition) is 5. The van der Waals surface area contributed by atoms with Crippen LogP contribution in [0.1, 0.15) is 103 Å². The number of hydrogen-bond acceptors (Lipinski definition) is 17. The molecule has 2 saturated heterocycles. The van der Waals surface area contributed by atoms with Crippen molar-refractivity contribution in [2.45, 2.75) is 115 Å². The second-order valence-corrected chi connectivity index (χ2v) is 18.2. The highest BCUT2D eigenvalue weighted by Crippen LogP contribution is 2.39. The molecule has 21 nitrogen and oxygen atoms in total. The van der Waals surface area contributed by atoms with Gasteiger partial charge in [-0.05, 0) is 56.6 Å². The predicted octanol–water partition coefficient (Wildman–Crippen LogP) is 2.47. The summed E-state index contributed by atoms with van der Waals surface area (Å²) in [7, 11) is 1.79. The Morgan fingerprint density at radius 2 is 1.06 bits per heavy atom. The summed E-state index contributed by atoms with van der Waals surface area (Å²) in [6.07, 6.45) is 13.1. The topological polar surface area (TPSA) is 256 Å². The number of nitrogens with zero attached hydrogens (tertiary/aromatic N) is 3. The Morgan fingerprint density at radius 1 is 0.629 bits per heavy atom. The van der Waals surface area contributed by atoms with Gasteiger partial charge in [-0.3, -0.25) is 23.9 Å². The monoisotopic (exact) mass is 1020 g/mol. The molecule has 22 heteroatoms. The van der Waals surface area contributed by atoms with Crippen molar-refractivity contribution in [3.63, 3.8) is 0 Å². The maximum absolute atomic E-state index is 12.1. The number of fused-ring (bicyclic) bond motifs is 1. The molecule has 6 N–H and O–H groups in total. The van der Waals surface area contributed by atoms with Crippen LogP contribution < -0.4 is 27.0 Å². The largest absolute Gasteiger partial charge is 0.379 e. The van der Waals surface area contributed by atoms with Crippen molar-refractivity contribution >= 4 is 35.4 Å². The average molecular weight is 1020 g/mol. The first kappa shape index (κ1) is 63.1. The van der Waals surface area contributed by atoms with Gasteiger partial charge in [0.2, 0.25) is 23.6 Å². The normalized spacial score (nSPS) is 16.2. The van der Waals surface area contributed by atoms with Crippen LogP contribution in [-0.2, 0) is 75.4 Å². The van der Waals surface area contributed by atoms with Gasteiger partial charge in [-0.1, -0.05) is 31.4 Å². The molecule has 1 aromatic heterocycles. The van der Waals surface area contributed by atoms with Crippen molar-refractivity contribution in [1.29, 1.82) is 0 Å². The van der Waals surface area contributed by atoms with Crippen molar-refractivity contribution in [2.24, 2.45) is 18.7 Å². The Balaban J connectivity index is 0.000000495. The summed E-state index contributed by atoms with van der Waals surface area (Å²) in [5.41, 5.74) is 6.05. The summed E-state index contributed by atoms with van der Waals surface area (Å²) >= 11 is 1.97. The zero-order valence-electron chi connectivity index (χ0n) is 42.6. The van der Waals surface area contributed by atoms with Gasteiger partial charge in [-0.15, -0.1) is 5.10 Å². The van der Waals surface area contributed by atoms with E-state index in [2.05, 4.69) is 38.5 Å². The fourth-order valence-corrected chi connectivity index (χ4v) is 8.83. The van der Waals surface area contributed by atoms with Crippen molar-refractivity contribution in [3.05, 3.63) is 11.9 Å². The number of amides is 4. The standard InChI is InChI=1S/C27H45N7O4S.C21H45NO9/c1-34-18-21(32-33-34)17-30-25(37)12-5-3-9-14-28-23(35)11-4-2-8-15-29-24(36)13-7-6-10-22-27-20(19-39-22)16-26(38)31-27;1-2-4-23-6-8-25-10-12-27-14-16-29-18-20-31-21-19-30-17-15-28-13-11-26-9-7-24-5-3-22/h18,20,22,27H,2-17,19H2,1H3,(H,28,35)(H,29,36)(H,30,37)(H,31,38);2-22H2,1H3. The van der Waals surface area contributed by atoms with Gasteiger partial charge < -0.3 is 69.6 Å². The van der Waals surface area contributed by atoms with Gasteiger partial charge in [-0.2, -0.15) is 11.8 Å². The molecule has 0 saturated carbocycles. The second-order valence-electron chi connectivity index (χ2n) is 17.0. The number of carbonyl (C=O) groups excluding carboxylic acids is 4. The highest BCUT2D eigenvalue weighted by atomic mass is 32.2. The summed E-state index contributed by atoms with van der Waals surface area (Å²) in [6.45, 7) is 14.5. The first-order valence-corrected chi connectivity index (χ1v) is 26.8. The summed E-state index contributed by atoms with van der Waals surface area (Å²) in [5, 5.41) is 20.1. The minimum absolute atomic E-state index is 0.00126. The predicted molar refractivity (Wildman–Crippen MR) is 267 cm³/mol.